The molecule has 2 heteroatoms. The Morgan fingerprint density at radius 3 is 2.94 bits per heavy atom. The van der Waals surface area contributed by atoms with Crippen molar-refractivity contribution in [2.24, 2.45) is 5.92 Å². The van der Waals surface area contributed by atoms with E-state index in [-0.39, 0.29) is 6.10 Å². The Labute approximate surface area is 97.3 Å². The monoisotopic (exact) mass is 220 g/mol. The van der Waals surface area contributed by atoms with Gasteiger partial charge in [-0.25, -0.2) is 0 Å². The zero-order valence-electron chi connectivity index (χ0n) is 9.86. The molecule has 88 valence electrons. The van der Waals surface area contributed by atoms with Crippen molar-refractivity contribution in [3.05, 3.63) is 29.8 Å². The second-order valence-corrected chi connectivity index (χ2v) is 4.54. The molecular formula is C14H20O2. The lowest BCUT2D eigenvalue weighted by Crippen LogP contribution is -2.13. The van der Waals surface area contributed by atoms with Gasteiger partial charge in [-0.3, -0.25) is 0 Å². The van der Waals surface area contributed by atoms with Crippen LogP contribution in [-0.2, 0) is 6.42 Å². The van der Waals surface area contributed by atoms with Crippen LogP contribution >= 0.6 is 0 Å². The molecule has 1 aliphatic carbocycles. The molecule has 16 heavy (non-hydrogen) atoms. The minimum absolute atomic E-state index is 0.158. The van der Waals surface area contributed by atoms with Crippen molar-refractivity contribution in [3.63, 3.8) is 0 Å². The molecule has 1 aromatic carbocycles. The highest BCUT2D eigenvalue weighted by atomic mass is 16.5. The van der Waals surface area contributed by atoms with Crippen LogP contribution in [0.2, 0.25) is 0 Å². The molecule has 0 heterocycles. The van der Waals surface area contributed by atoms with Crippen LogP contribution in [0.3, 0.4) is 0 Å². The maximum Gasteiger partial charge on any atom is 0.119 e. The molecule has 1 aliphatic rings. The summed E-state index contributed by atoms with van der Waals surface area (Å²) < 4.78 is 5.64. The lowest BCUT2D eigenvalue weighted by atomic mass is 10.1. The Bertz CT molecular complexity index is 331. The van der Waals surface area contributed by atoms with Gasteiger partial charge in [-0.1, -0.05) is 19.1 Å². The first kappa shape index (κ1) is 11.5. The zero-order chi connectivity index (χ0) is 11.4. The van der Waals surface area contributed by atoms with Crippen LogP contribution < -0.4 is 4.74 Å². The Kier molecular flexibility index (Phi) is 3.83. The van der Waals surface area contributed by atoms with E-state index in [4.69, 9.17) is 4.74 Å². The number of hydrogen-bond donors (Lipinski definition) is 1. The molecule has 2 rings (SSSR count). The standard InChI is InChI=1S/C14H20O2/c1-2-11-4-3-5-13(10-11)16-9-8-14(15)12-6-7-12/h3-5,10,12,14-15H,2,6-9H2,1H3. The van der Waals surface area contributed by atoms with Crippen LogP contribution in [0.1, 0.15) is 31.7 Å². The Morgan fingerprint density at radius 2 is 2.25 bits per heavy atom. The minimum atomic E-state index is -0.158. The summed E-state index contributed by atoms with van der Waals surface area (Å²) >= 11 is 0. The molecule has 0 aromatic heterocycles. The molecule has 1 atom stereocenters. The minimum Gasteiger partial charge on any atom is -0.493 e. The van der Waals surface area contributed by atoms with Crippen LogP contribution in [0.4, 0.5) is 0 Å². The fourth-order valence-corrected chi connectivity index (χ4v) is 1.87. The largest absolute Gasteiger partial charge is 0.493 e. The third-order valence-electron chi connectivity index (χ3n) is 3.16. The van der Waals surface area contributed by atoms with E-state index in [9.17, 15) is 5.11 Å². The number of aliphatic hydroxyl groups excluding tert-OH is 1. The molecule has 0 radical (unpaired) electrons. The lowest BCUT2D eigenvalue weighted by molar-refractivity contribution is 0.119. The van der Waals surface area contributed by atoms with E-state index in [1.54, 1.807) is 0 Å². The first-order valence-corrected chi connectivity index (χ1v) is 6.19. The number of ether oxygens (including phenoxy) is 1. The van der Waals surface area contributed by atoms with Crippen LogP contribution in [-0.4, -0.2) is 17.8 Å². The first-order valence-electron chi connectivity index (χ1n) is 6.19. The van der Waals surface area contributed by atoms with Crippen molar-refractivity contribution in [1.29, 1.82) is 0 Å². The molecule has 0 spiro atoms. The van der Waals surface area contributed by atoms with Crippen molar-refractivity contribution >= 4 is 0 Å². The predicted molar refractivity (Wildman–Crippen MR) is 64.7 cm³/mol. The van der Waals surface area contributed by atoms with Gasteiger partial charge in [-0.2, -0.15) is 0 Å². The van der Waals surface area contributed by atoms with Crippen molar-refractivity contribution < 1.29 is 9.84 Å². The number of aliphatic hydroxyl groups is 1. The van der Waals surface area contributed by atoms with E-state index in [0.29, 0.717) is 12.5 Å². The fourth-order valence-electron chi connectivity index (χ4n) is 1.87. The van der Waals surface area contributed by atoms with Gasteiger partial charge in [0.05, 0.1) is 12.7 Å². The smallest absolute Gasteiger partial charge is 0.119 e. The van der Waals surface area contributed by atoms with Gasteiger partial charge in [0.2, 0.25) is 0 Å². The van der Waals surface area contributed by atoms with Gasteiger partial charge in [-0.15, -0.1) is 0 Å². The highest BCUT2D eigenvalue weighted by molar-refractivity contribution is 5.28. The van der Waals surface area contributed by atoms with Gasteiger partial charge in [0.25, 0.3) is 0 Å². The Morgan fingerprint density at radius 1 is 1.44 bits per heavy atom. The van der Waals surface area contributed by atoms with Gasteiger partial charge in [0, 0.05) is 6.42 Å². The Hall–Kier alpha value is -1.02. The second kappa shape index (κ2) is 5.35. The lowest BCUT2D eigenvalue weighted by Gasteiger charge is -2.11. The molecule has 0 saturated heterocycles. The van der Waals surface area contributed by atoms with Crippen molar-refractivity contribution in [2.45, 2.75) is 38.7 Å². The average Bonchev–Trinajstić information content (AvgIpc) is 3.13. The van der Waals surface area contributed by atoms with Crippen LogP contribution in [0.5, 0.6) is 5.75 Å². The number of benzene rings is 1. The van der Waals surface area contributed by atoms with Crippen LogP contribution in [0.25, 0.3) is 0 Å². The van der Waals surface area contributed by atoms with Gasteiger partial charge >= 0.3 is 0 Å². The molecule has 1 saturated carbocycles. The Balaban J connectivity index is 1.75. The van der Waals surface area contributed by atoms with Gasteiger partial charge in [-0.05, 0) is 42.9 Å². The van der Waals surface area contributed by atoms with E-state index in [2.05, 4.69) is 19.1 Å². The quantitative estimate of drug-likeness (QED) is 0.798. The molecule has 2 nitrogen and oxygen atoms in total. The average molecular weight is 220 g/mol. The summed E-state index contributed by atoms with van der Waals surface area (Å²) in [7, 11) is 0. The summed E-state index contributed by atoms with van der Waals surface area (Å²) in [5.74, 6) is 1.47. The van der Waals surface area contributed by atoms with E-state index < -0.39 is 0 Å². The van der Waals surface area contributed by atoms with E-state index in [1.807, 2.05) is 12.1 Å². The third kappa shape index (κ3) is 3.24. The molecule has 0 amide bonds. The van der Waals surface area contributed by atoms with Gasteiger partial charge < -0.3 is 9.84 Å². The van der Waals surface area contributed by atoms with Gasteiger partial charge in [0.15, 0.2) is 0 Å². The van der Waals surface area contributed by atoms with E-state index in [1.165, 1.54) is 18.4 Å². The molecule has 1 unspecified atom stereocenters. The molecule has 1 N–H and O–H groups in total. The third-order valence-corrected chi connectivity index (χ3v) is 3.16. The summed E-state index contributed by atoms with van der Waals surface area (Å²) in [5.41, 5.74) is 1.29. The zero-order valence-corrected chi connectivity index (χ0v) is 9.86. The summed E-state index contributed by atoms with van der Waals surface area (Å²) in [4.78, 5) is 0. The summed E-state index contributed by atoms with van der Waals surface area (Å²) in [5, 5.41) is 9.69. The first-order chi connectivity index (χ1) is 7.79. The van der Waals surface area contributed by atoms with Crippen molar-refractivity contribution in [3.8, 4) is 5.75 Å². The highest BCUT2D eigenvalue weighted by Gasteiger charge is 2.29. The van der Waals surface area contributed by atoms with Crippen molar-refractivity contribution in [2.75, 3.05) is 6.61 Å². The number of rotatable bonds is 6. The van der Waals surface area contributed by atoms with Gasteiger partial charge in [0.1, 0.15) is 5.75 Å². The molecule has 0 aliphatic heterocycles. The maximum atomic E-state index is 9.69. The molecule has 1 aromatic rings. The molecule has 1 fully saturated rings. The summed E-state index contributed by atoms with van der Waals surface area (Å²) in [6.07, 6.45) is 4.00. The number of aryl methyl sites for hydroxylation is 1. The summed E-state index contributed by atoms with van der Waals surface area (Å²) in [6, 6.07) is 8.17. The predicted octanol–water partition coefficient (Wildman–Crippen LogP) is 2.79. The molecule has 0 bridgehead atoms. The van der Waals surface area contributed by atoms with Crippen molar-refractivity contribution in [1.82, 2.24) is 0 Å². The highest BCUT2D eigenvalue weighted by Crippen LogP contribution is 2.33. The fraction of sp³-hybridized carbons (Fsp3) is 0.571. The SMILES string of the molecule is CCc1cccc(OCCC(O)C2CC2)c1. The van der Waals surface area contributed by atoms with E-state index in [0.717, 1.165) is 18.6 Å². The number of hydrogen-bond acceptors (Lipinski definition) is 2. The van der Waals surface area contributed by atoms with Crippen LogP contribution in [0, 0.1) is 5.92 Å². The summed E-state index contributed by atoms with van der Waals surface area (Å²) in [6.45, 7) is 2.75. The topological polar surface area (TPSA) is 29.5 Å². The normalized spacial score (nSPS) is 17.1. The second-order valence-electron chi connectivity index (χ2n) is 4.54. The maximum absolute atomic E-state index is 9.69. The molecular weight excluding hydrogens is 200 g/mol. The van der Waals surface area contributed by atoms with Crippen LogP contribution in [0.15, 0.2) is 24.3 Å². The van der Waals surface area contributed by atoms with E-state index >= 15 is 0 Å².